The lowest BCUT2D eigenvalue weighted by Crippen LogP contribution is -2.40. The first-order valence-electron chi connectivity index (χ1n) is 9.49. The van der Waals surface area contributed by atoms with E-state index < -0.39 is 12.7 Å². The third-order valence-electron chi connectivity index (χ3n) is 4.62. The highest BCUT2D eigenvalue weighted by atomic mass is 19.4. The van der Waals surface area contributed by atoms with Crippen molar-refractivity contribution in [1.82, 2.24) is 9.80 Å². The van der Waals surface area contributed by atoms with Gasteiger partial charge in [-0.05, 0) is 43.2 Å². The largest absolute Gasteiger partial charge is 0.455 e. The summed E-state index contributed by atoms with van der Waals surface area (Å²) in [6.45, 7) is 2.16. The van der Waals surface area contributed by atoms with Crippen molar-refractivity contribution in [1.29, 1.82) is 0 Å². The lowest BCUT2D eigenvalue weighted by Gasteiger charge is -2.23. The number of anilines is 1. The van der Waals surface area contributed by atoms with Gasteiger partial charge in [0.05, 0.1) is 12.2 Å². The molecule has 2 aromatic carbocycles. The number of carbonyl (C=O) groups excluding carboxylic acids is 1. The maximum atomic E-state index is 12.7. The van der Waals surface area contributed by atoms with Crippen LogP contribution in [0.1, 0.15) is 12.0 Å². The van der Waals surface area contributed by atoms with Crippen molar-refractivity contribution in [2.45, 2.75) is 19.5 Å². The Hall–Kier alpha value is -2.74. The number of ether oxygens (including phenoxy) is 1. The Balaban J connectivity index is 1.63. The fourth-order valence-electron chi connectivity index (χ4n) is 3.24. The van der Waals surface area contributed by atoms with Crippen molar-refractivity contribution in [2.75, 3.05) is 38.0 Å². The van der Waals surface area contributed by atoms with E-state index in [2.05, 4.69) is 5.32 Å². The van der Waals surface area contributed by atoms with Crippen molar-refractivity contribution < 1.29 is 22.7 Å². The van der Waals surface area contributed by atoms with E-state index in [9.17, 15) is 18.0 Å². The third-order valence-corrected chi connectivity index (χ3v) is 4.62. The van der Waals surface area contributed by atoms with E-state index in [-0.39, 0.29) is 19.1 Å². The number of nitrogens with one attached hydrogen (secondary N) is 1. The predicted octanol–water partition coefficient (Wildman–Crippen LogP) is 4.89. The summed E-state index contributed by atoms with van der Waals surface area (Å²) in [6.07, 6.45) is -3.74. The molecule has 0 atom stereocenters. The van der Waals surface area contributed by atoms with Gasteiger partial charge in [-0.3, -0.25) is 4.90 Å². The Labute approximate surface area is 168 Å². The van der Waals surface area contributed by atoms with Gasteiger partial charge in [0.15, 0.2) is 5.75 Å². The Morgan fingerprint density at radius 1 is 1.07 bits per heavy atom. The number of aryl methyl sites for hydroxylation is 1. The van der Waals surface area contributed by atoms with Gasteiger partial charge in [-0.15, -0.1) is 0 Å². The third kappa shape index (κ3) is 6.39. The minimum Gasteiger partial charge on any atom is -0.455 e. The van der Waals surface area contributed by atoms with Crippen LogP contribution in [0.3, 0.4) is 0 Å². The topological polar surface area (TPSA) is 44.8 Å². The number of hydrogen-bond acceptors (Lipinski definition) is 3. The van der Waals surface area contributed by atoms with Gasteiger partial charge in [-0.1, -0.05) is 24.3 Å². The Morgan fingerprint density at radius 2 is 1.86 bits per heavy atom. The molecule has 1 fully saturated rings. The molecule has 2 amide bonds. The highest BCUT2D eigenvalue weighted by Gasteiger charge is 2.31. The second-order valence-electron chi connectivity index (χ2n) is 7.08. The van der Waals surface area contributed by atoms with E-state index in [0.717, 1.165) is 5.56 Å². The second-order valence-corrected chi connectivity index (χ2v) is 7.08. The van der Waals surface area contributed by atoms with Gasteiger partial charge in [0.25, 0.3) is 0 Å². The van der Waals surface area contributed by atoms with Gasteiger partial charge in [0, 0.05) is 26.2 Å². The van der Waals surface area contributed by atoms with E-state index in [1.165, 1.54) is 4.90 Å². The molecule has 1 heterocycles. The summed E-state index contributed by atoms with van der Waals surface area (Å²) in [5, 5.41) is 2.83. The SMILES string of the molecule is Cc1cccc(Oc2ccccc2NC(=O)N2CCCN(CC(F)(F)F)CC2)c1. The average Bonchev–Trinajstić information content (AvgIpc) is 2.87. The summed E-state index contributed by atoms with van der Waals surface area (Å²) >= 11 is 0. The summed E-state index contributed by atoms with van der Waals surface area (Å²) in [5.74, 6) is 1.16. The number of para-hydroxylation sites is 2. The van der Waals surface area contributed by atoms with Crippen molar-refractivity contribution in [3.63, 3.8) is 0 Å². The van der Waals surface area contributed by atoms with Gasteiger partial charge >= 0.3 is 12.2 Å². The van der Waals surface area contributed by atoms with Gasteiger partial charge in [0.1, 0.15) is 5.75 Å². The van der Waals surface area contributed by atoms with E-state index in [4.69, 9.17) is 4.74 Å². The molecule has 5 nitrogen and oxygen atoms in total. The summed E-state index contributed by atoms with van der Waals surface area (Å²) in [5.41, 5.74) is 1.56. The minimum atomic E-state index is -4.23. The Kier molecular flexibility index (Phi) is 6.64. The van der Waals surface area contributed by atoms with Crippen LogP contribution in [-0.2, 0) is 0 Å². The second kappa shape index (κ2) is 9.17. The van der Waals surface area contributed by atoms with Crippen LogP contribution in [0.15, 0.2) is 48.5 Å². The van der Waals surface area contributed by atoms with E-state index in [0.29, 0.717) is 36.7 Å². The van der Waals surface area contributed by atoms with Gasteiger partial charge in [0.2, 0.25) is 0 Å². The molecule has 0 spiro atoms. The maximum Gasteiger partial charge on any atom is 0.401 e. The molecule has 1 aliphatic heterocycles. The molecule has 0 bridgehead atoms. The summed E-state index contributed by atoms with van der Waals surface area (Å²) in [6, 6.07) is 14.3. The minimum absolute atomic E-state index is 0.189. The molecular formula is C21H24F3N3O2. The quantitative estimate of drug-likeness (QED) is 0.785. The highest BCUT2D eigenvalue weighted by Crippen LogP contribution is 2.30. The average molecular weight is 407 g/mol. The zero-order valence-electron chi connectivity index (χ0n) is 16.2. The predicted molar refractivity (Wildman–Crippen MR) is 105 cm³/mol. The molecule has 1 N–H and O–H groups in total. The molecule has 29 heavy (non-hydrogen) atoms. The molecule has 0 saturated carbocycles. The van der Waals surface area contributed by atoms with E-state index in [1.54, 1.807) is 23.1 Å². The molecular weight excluding hydrogens is 383 g/mol. The zero-order valence-corrected chi connectivity index (χ0v) is 16.2. The van der Waals surface area contributed by atoms with Crippen molar-refractivity contribution >= 4 is 11.7 Å². The van der Waals surface area contributed by atoms with Crippen LogP contribution < -0.4 is 10.1 Å². The first-order chi connectivity index (χ1) is 13.8. The van der Waals surface area contributed by atoms with Gasteiger partial charge in [-0.25, -0.2) is 4.79 Å². The monoisotopic (exact) mass is 407 g/mol. The van der Waals surface area contributed by atoms with Crippen LogP contribution in [0.5, 0.6) is 11.5 Å². The normalized spacial score (nSPS) is 15.7. The molecule has 0 aliphatic carbocycles. The number of urea groups is 1. The fourth-order valence-corrected chi connectivity index (χ4v) is 3.24. The maximum absolute atomic E-state index is 12.7. The van der Waals surface area contributed by atoms with Gasteiger partial charge in [-0.2, -0.15) is 13.2 Å². The number of carbonyl (C=O) groups is 1. The lowest BCUT2D eigenvalue weighted by atomic mass is 10.2. The van der Waals surface area contributed by atoms with E-state index in [1.807, 2.05) is 37.3 Å². The number of amides is 2. The number of rotatable bonds is 4. The summed E-state index contributed by atoms with van der Waals surface area (Å²) < 4.78 is 43.8. The van der Waals surface area contributed by atoms with Crippen LogP contribution in [0.2, 0.25) is 0 Å². The van der Waals surface area contributed by atoms with Crippen LogP contribution >= 0.6 is 0 Å². The number of alkyl halides is 3. The van der Waals surface area contributed by atoms with Crippen LogP contribution in [0.25, 0.3) is 0 Å². The first kappa shape index (κ1) is 21.0. The molecule has 3 rings (SSSR count). The van der Waals surface area contributed by atoms with Crippen molar-refractivity contribution in [3.05, 3.63) is 54.1 Å². The lowest BCUT2D eigenvalue weighted by molar-refractivity contribution is -0.145. The van der Waals surface area contributed by atoms with Crippen LogP contribution in [-0.4, -0.2) is 54.7 Å². The fraction of sp³-hybridized carbons (Fsp3) is 0.381. The van der Waals surface area contributed by atoms with Crippen LogP contribution in [0.4, 0.5) is 23.7 Å². The van der Waals surface area contributed by atoms with Crippen molar-refractivity contribution in [3.8, 4) is 11.5 Å². The molecule has 2 aromatic rings. The molecule has 0 aromatic heterocycles. The molecule has 0 radical (unpaired) electrons. The smallest absolute Gasteiger partial charge is 0.401 e. The van der Waals surface area contributed by atoms with Crippen LogP contribution in [0, 0.1) is 6.92 Å². The number of hydrogen-bond donors (Lipinski definition) is 1. The van der Waals surface area contributed by atoms with Gasteiger partial charge < -0.3 is 15.0 Å². The molecule has 8 heteroatoms. The Morgan fingerprint density at radius 3 is 2.62 bits per heavy atom. The summed E-state index contributed by atoms with van der Waals surface area (Å²) in [7, 11) is 0. The molecule has 1 aliphatic rings. The first-order valence-corrected chi connectivity index (χ1v) is 9.49. The zero-order chi connectivity index (χ0) is 20.9. The van der Waals surface area contributed by atoms with Crippen molar-refractivity contribution in [2.24, 2.45) is 0 Å². The number of benzene rings is 2. The molecule has 156 valence electrons. The number of halogens is 3. The number of nitrogens with zero attached hydrogens (tertiary/aromatic N) is 2. The standard InChI is InChI=1S/C21H24F3N3O2/c1-16-6-4-7-17(14-16)29-19-9-3-2-8-18(19)25-20(28)27-11-5-10-26(12-13-27)15-21(22,23)24/h2-4,6-9,14H,5,10-13,15H2,1H3,(H,25,28). The summed E-state index contributed by atoms with van der Waals surface area (Å²) in [4.78, 5) is 15.6. The Bertz CT molecular complexity index is 842. The molecule has 1 saturated heterocycles. The van der Waals surface area contributed by atoms with E-state index >= 15 is 0 Å². The molecule has 0 unspecified atom stereocenters. The highest BCUT2D eigenvalue weighted by molar-refractivity contribution is 5.91.